The topological polar surface area (TPSA) is 80.4 Å². The van der Waals surface area contributed by atoms with Crippen LogP contribution in [0.5, 0.6) is 0 Å². The second kappa shape index (κ2) is 11.5. The number of nitrogens with zero attached hydrogens (tertiary/aromatic N) is 3. The van der Waals surface area contributed by atoms with Crippen LogP contribution in [-0.2, 0) is 22.6 Å². The molecule has 1 aliphatic heterocycles. The van der Waals surface area contributed by atoms with Gasteiger partial charge in [-0.15, -0.1) is 24.0 Å². The number of benzene rings is 1. The molecular weight excluding hydrogens is 471 g/mol. The number of aliphatic imine (C=N–C) groups is 1. The first-order valence-electron chi connectivity index (χ1n) is 9.47. The molecule has 0 spiro atoms. The van der Waals surface area contributed by atoms with E-state index in [-0.39, 0.29) is 30.1 Å². The number of hydrogen-bond donors (Lipinski definition) is 1. The Bertz CT molecular complexity index is 636. The fraction of sp³-hybridized carbons (Fsp3) is 0.600. The van der Waals surface area contributed by atoms with E-state index in [2.05, 4.69) is 17.1 Å². The quantitative estimate of drug-likeness (QED) is 0.379. The summed E-state index contributed by atoms with van der Waals surface area (Å²) in [5.41, 5.74) is 7.91. The summed E-state index contributed by atoms with van der Waals surface area (Å²) in [7, 11) is 0. The molecule has 28 heavy (non-hydrogen) atoms. The van der Waals surface area contributed by atoms with Crippen molar-refractivity contribution < 1.29 is 14.3 Å². The van der Waals surface area contributed by atoms with Crippen molar-refractivity contribution in [2.45, 2.75) is 46.4 Å². The van der Waals surface area contributed by atoms with Crippen molar-refractivity contribution in [1.29, 1.82) is 0 Å². The van der Waals surface area contributed by atoms with E-state index in [1.807, 2.05) is 44.7 Å². The SMILES string of the molecule is CCOCc1ccc(CN=C(N)N2CCN(C(=O)OC(C)(C)C)CC2)cc1.I. The Kier molecular flexibility index (Phi) is 10.0. The molecule has 1 amide bonds. The van der Waals surface area contributed by atoms with Gasteiger partial charge in [0.1, 0.15) is 5.60 Å². The fourth-order valence-electron chi connectivity index (χ4n) is 2.68. The van der Waals surface area contributed by atoms with Crippen LogP contribution in [0.3, 0.4) is 0 Å². The maximum absolute atomic E-state index is 12.1. The van der Waals surface area contributed by atoms with Gasteiger partial charge in [0.25, 0.3) is 0 Å². The zero-order valence-corrected chi connectivity index (χ0v) is 19.6. The number of rotatable bonds is 5. The number of guanidine groups is 1. The van der Waals surface area contributed by atoms with E-state index < -0.39 is 5.60 Å². The second-order valence-electron chi connectivity index (χ2n) is 7.58. The van der Waals surface area contributed by atoms with Crippen LogP contribution >= 0.6 is 24.0 Å². The zero-order valence-electron chi connectivity index (χ0n) is 17.3. The first kappa shape index (κ1) is 24.5. The second-order valence-corrected chi connectivity index (χ2v) is 7.58. The molecule has 7 nitrogen and oxygen atoms in total. The normalized spacial score (nSPS) is 15.2. The van der Waals surface area contributed by atoms with Crippen molar-refractivity contribution in [3.63, 3.8) is 0 Å². The molecule has 0 radical (unpaired) electrons. The molecule has 1 aromatic rings. The minimum atomic E-state index is -0.479. The Morgan fingerprint density at radius 1 is 1.07 bits per heavy atom. The van der Waals surface area contributed by atoms with Crippen LogP contribution in [-0.4, -0.2) is 60.2 Å². The molecule has 158 valence electrons. The average Bonchev–Trinajstić information content (AvgIpc) is 2.64. The average molecular weight is 504 g/mol. The molecule has 1 fully saturated rings. The molecule has 8 heteroatoms. The van der Waals surface area contributed by atoms with Gasteiger partial charge in [-0.25, -0.2) is 9.79 Å². The van der Waals surface area contributed by atoms with Gasteiger partial charge in [0.2, 0.25) is 0 Å². The van der Waals surface area contributed by atoms with Crippen LogP contribution in [0.2, 0.25) is 0 Å². The summed E-state index contributed by atoms with van der Waals surface area (Å²) in [6.07, 6.45) is -0.273. The lowest BCUT2D eigenvalue weighted by Crippen LogP contribution is -2.53. The molecule has 2 N–H and O–H groups in total. The molecule has 1 heterocycles. The standard InChI is InChI=1S/C20H32N4O3.HI/c1-5-26-15-17-8-6-16(7-9-17)14-22-18(21)23-10-12-24(13-11-23)19(25)27-20(2,3)4;/h6-9H,5,10-15H2,1-4H3,(H2,21,22);1H. The van der Waals surface area contributed by atoms with Crippen LogP contribution < -0.4 is 5.73 Å². The molecule has 0 bridgehead atoms. The van der Waals surface area contributed by atoms with Crippen molar-refractivity contribution >= 4 is 36.0 Å². The molecular formula is C20H33IN4O3. The first-order chi connectivity index (χ1) is 12.8. The van der Waals surface area contributed by atoms with Gasteiger partial charge in [0.15, 0.2) is 5.96 Å². The summed E-state index contributed by atoms with van der Waals surface area (Å²) in [6.45, 7) is 11.9. The Morgan fingerprint density at radius 2 is 1.61 bits per heavy atom. The van der Waals surface area contributed by atoms with Gasteiger partial charge in [0, 0.05) is 32.8 Å². The highest BCUT2D eigenvalue weighted by Crippen LogP contribution is 2.12. The number of nitrogens with two attached hydrogens (primary N) is 1. The number of piperazine rings is 1. The summed E-state index contributed by atoms with van der Waals surface area (Å²) in [6, 6.07) is 8.20. The summed E-state index contributed by atoms with van der Waals surface area (Å²) in [4.78, 5) is 20.3. The van der Waals surface area contributed by atoms with Crippen LogP contribution in [0.15, 0.2) is 29.3 Å². The number of carbonyl (C=O) groups is 1. The summed E-state index contributed by atoms with van der Waals surface area (Å²) in [5.74, 6) is 0.511. The van der Waals surface area contributed by atoms with Gasteiger partial charge in [-0.1, -0.05) is 24.3 Å². The molecule has 1 aliphatic rings. The summed E-state index contributed by atoms with van der Waals surface area (Å²) in [5, 5.41) is 0. The molecule has 1 aromatic carbocycles. The van der Waals surface area contributed by atoms with E-state index in [0.717, 1.165) is 11.1 Å². The van der Waals surface area contributed by atoms with Crippen molar-refractivity contribution in [2.75, 3.05) is 32.8 Å². The van der Waals surface area contributed by atoms with Crippen LogP contribution in [0.1, 0.15) is 38.8 Å². The third-order valence-corrected chi connectivity index (χ3v) is 4.17. The van der Waals surface area contributed by atoms with Crippen molar-refractivity contribution in [3.05, 3.63) is 35.4 Å². The first-order valence-corrected chi connectivity index (χ1v) is 9.47. The molecule has 1 saturated heterocycles. The molecule has 0 aliphatic carbocycles. The van der Waals surface area contributed by atoms with Crippen molar-refractivity contribution in [3.8, 4) is 0 Å². The van der Waals surface area contributed by atoms with Crippen LogP contribution in [0.25, 0.3) is 0 Å². The van der Waals surface area contributed by atoms with E-state index in [0.29, 0.717) is 51.9 Å². The van der Waals surface area contributed by atoms with Gasteiger partial charge in [0.05, 0.1) is 13.2 Å². The predicted molar refractivity (Wildman–Crippen MR) is 122 cm³/mol. The maximum atomic E-state index is 12.1. The van der Waals surface area contributed by atoms with Crippen molar-refractivity contribution in [2.24, 2.45) is 10.7 Å². The summed E-state index contributed by atoms with van der Waals surface area (Å²) < 4.78 is 10.8. The third-order valence-electron chi connectivity index (χ3n) is 4.17. The number of amides is 1. The summed E-state index contributed by atoms with van der Waals surface area (Å²) >= 11 is 0. The minimum absolute atomic E-state index is 0. The highest BCUT2D eigenvalue weighted by atomic mass is 127. The van der Waals surface area contributed by atoms with Gasteiger partial charge in [-0.3, -0.25) is 0 Å². The van der Waals surface area contributed by atoms with E-state index in [4.69, 9.17) is 15.2 Å². The lowest BCUT2D eigenvalue weighted by Gasteiger charge is -2.36. The number of carbonyl (C=O) groups excluding carboxylic acids is 1. The lowest BCUT2D eigenvalue weighted by molar-refractivity contribution is 0.0186. The number of halogens is 1. The minimum Gasteiger partial charge on any atom is -0.444 e. The van der Waals surface area contributed by atoms with Gasteiger partial charge in [-0.2, -0.15) is 0 Å². The van der Waals surface area contributed by atoms with E-state index in [9.17, 15) is 4.79 Å². The van der Waals surface area contributed by atoms with E-state index in [1.54, 1.807) is 4.90 Å². The maximum Gasteiger partial charge on any atom is 0.410 e. The Balaban J connectivity index is 0.00000392. The monoisotopic (exact) mass is 504 g/mol. The van der Waals surface area contributed by atoms with Gasteiger partial charge < -0.3 is 25.0 Å². The van der Waals surface area contributed by atoms with E-state index >= 15 is 0 Å². The van der Waals surface area contributed by atoms with Crippen LogP contribution in [0.4, 0.5) is 4.79 Å². The number of hydrogen-bond acceptors (Lipinski definition) is 4. The largest absolute Gasteiger partial charge is 0.444 e. The Labute approximate surface area is 185 Å². The Hall–Kier alpha value is -1.55. The smallest absolute Gasteiger partial charge is 0.410 e. The molecule has 0 atom stereocenters. The zero-order chi connectivity index (χ0) is 19.9. The number of ether oxygens (including phenoxy) is 2. The lowest BCUT2D eigenvalue weighted by atomic mass is 10.1. The van der Waals surface area contributed by atoms with Crippen LogP contribution in [0, 0.1) is 0 Å². The third kappa shape index (κ3) is 8.22. The molecule has 2 rings (SSSR count). The fourth-order valence-corrected chi connectivity index (χ4v) is 2.68. The van der Waals surface area contributed by atoms with Gasteiger partial charge >= 0.3 is 6.09 Å². The van der Waals surface area contributed by atoms with Crippen molar-refractivity contribution in [1.82, 2.24) is 9.80 Å². The van der Waals surface area contributed by atoms with E-state index in [1.165, 1.54) is 0 Å². The predicted octanol–water partition coefficient (Wildman–Crippen LogP) is 3.21. The molecule has 0 unspecified atom stereocenters. The highest BCUT2D eigenvalue weighted by molar-refractivity contribution is 14.0. The highest BCUT2D eigenvalue weighted by Gasteiger charge is 2.26. The molecule has 0 saturated carbocycles. The Morgan fingerprint density at radius 3 is 2.14 bits per heavy atom. The van der Waals surface area contributed by atoms with Gasteiger partial charge in [-0.05, 0) is 38.8 Å². The molecule has 0 aromatic heterocycles.